The Morgan fingerprint density at radius 3 is 2.55 bits per heavy atom. The third kappa shape index (κ3) is 3.60. The Balaban J connectivity index is 2.09. The van der Waals surface area contributed by atoms with Gasteiger partial charge in [0.2, 0.25) is 0 Å². The number of benzene rings is 2. The normalized spacial score (nSPS) is 12.4. The van der Waals surface area contributed by atoms with Crippen LogP contribution in [-0.4, -0.2) is 5.75 Å². The van der Waals surface area contributed by atoms with Gasteiger partial charge in [-0.1, -0.05) is 30.3 Å². The lowest BCUT2D eigenvalue weighted by molar-refractivity contribution is 0.596. The Morgan fingerprint density at radius 2 is 1.90 bits per heavy atom. The first-order valence-electron chi connectivity index (χ1n) is 6.52. The van der Waals surface area contributed by atoms with Gasteiger partial charge in [0.1, 0.15) is 5.82 Å². The molecule has 0 bridgehead atoms. The molecule has 1 atom stereocenters. The second kappa shape index (κ2) is 6.88. The van der Waals surface area contributed by atoms with Crippen molar-refractivity contribution in [3.05, 3.63) is 65.0 Å². The lowest BCUT2D eigenvalue weighted by atomic mass is 10.0. The van der Waals surface area contributed by atoms with Gasteiger partial charge >= 0.3 is 0 Å². The molecule has 0 radical (unpaired) electrons. The van der Waals surface area contributed by atoms with Crippen LogP contribution >= 0.6 is 11.8 Å². The lowest BCUT2D eigenvalue weighted by Crippen LogP contribution is -2.29. The summed E-state index contributed by atoms with van der Waals surface area (Å²) < 4.78 is 13.6. The Morgan fingerprint density at radius 1 is 1.15 bits per heavy atom. The van der Waals surface area contributed by atoms with Gasteiger partial charge in [0.25, 0.3) is 0 Å². The number of hydrogen-bond acceptors (Lipinski definition) is 3. The third-order valence-electron chi connectivity index (χ3n) is 3.38. The summed E-state index contributed by atoms with van der Waals surface area (Å²) >= 11 is 1.47. The Labute approximate surface area is 123 Å². The maximum absolute atomic E-state index is 13.6. The van der Waals surface area contributed by atoms with E-state index in [4.69, 9.17) is 5.84 Å². The standard InChI is InChI=1S/C16H19FN2S/c1-11-7-8-13(9-12(11)2)15(19-18)10-20-16-6-4-3-5-14(16)17/h3-9,15,19H,10,18H2,1-2H3. The minimum Gasteiger partial charge on any atom is -0.271 e. The summed E-state index contributed by atoms with van der Waals surface area (Å²) in [6.45, 7) is 4.16. The largest absolute Gasteiger partial charge is 0.271 e. The topological polar surface area (TPSA) is 38.0 Å². The van der Waals surface area contributed by atoms with E-state index in [-0.39, 0.29) is 11.9 Å². The Kier molecular flexibility index (Phi) is 5.17. The van der Waals surface area contributed by atoms with Crippen molar-refractivity contribution in [2.75, 3.05) is 5.75 Å². The summed E-state index contributed by atoms with van der Waals surface area (Å²) in [5.74, 6) is 6.13. The lowest BCUT2D eigenvalue weighted by Gasteiger charge is -2.17. The molecule has 1 unspecified atom stereocenters. The van der Waals surface area contributed by atoms with Crippen molar-refractivity contribution < 1.29 is 4.39 Å². The molecule has 0 heterocycles. The van der Waals surface area contributed by atoms with Gasteiger partial charge in [-0.3, -0.25) is 11.3 Å². The van der Waals surface area contributed by atoms with Gasteiger partial charge in [0, 0.05) is 10.6 Å². The first kappa shape index (κ1) is 15.0. The van der Waals surface area contributed by atoms with Crippen LogP contribution in [0.4, 0.5) is 4.39 Å². The number of thioether (sulfide) groups is 1. The average Bonchev–Trinajstić information content (AvgIpc) is 2.45. The van der Waals surface area contributed by atoms with E-state index in [2.05, 4.69) is 37.5 Å². The van der Waals surface area contributed by atoms with Crippen molar-refractivity contribution in [1.82, 2.24) is 5.43 Å². The van der Waals surface area contributed by atoms with Gasteiger partial charge in [0.15, 0.2) is 0 Å². The Hall–Kier alpha value is -1.36. The zero-order chi connectivity index (χ0) is 14.5. The molecule has 106 valence electrons. The summed E-state index contributed by atoms with van der Waals surface area (Å²) in [7, 11) is 0. The van der Waals surface area contributed by atoms with Crippen LogP contribution < -0.4 is 11.3 Å². The molecule has 0 aliphatic carbocycles. The number of aryl methyl sites for hydroxylation is 2. The van der Waals surface area contributed by atoms with Crippen LogP contribution in [0.1, 0.15) is 22.7 Å². The van der Waals surface area contributed by atoms with Gasteiger partial charge in [0.05, 0.1) is 6.04 Å². The maximum atomic E-state index is 13.6. The molecule has 0 aromatic heterocycles. The Bertz CT molecular complexity index is 586. The van der Waals surface area contributed by atoms with Crippen LogP contribution in [0.5, 0.6) is 0 Å². The van der Waals surface area contributed by atoms with Gasteiger partial charge in [-0.15, -0.1) is 11.8 Å². The first-order valence-corrected chi connectivity index (χ1v) is 7.51. The van der Waals surface area contributed by atoms with Crippen LogP contribution in [0.3, 0.4) is 0 Å². The van der Waals surface area contributed by atoms with E-state index in [1.807, 2.05) is 6.07 Å². The smallest absolute Gasteiger partial charge is 0.136 e. The molecule has 0 saturated heterocycles. The van der Waals surface area contributed by atoms with Crippen LogP contribution in [0.2, 0.25) is 0 Å². The minimum absolute atomic E-state index is 0.00101. The molecule has 2 rings (SSSR count). The van der Waals surface area contributed by atoms with E-state index in [9.17, 15) is 4.39 Å². The highest BCUT2D eigenvalue weighted by Crippen LogP contribution is 2.27. The molecule has 20 heavy (non-hydrogen) atoms. The van der Waals surface area contributed by atoms with Crippen LogP contribution in [0.25, 0.3) is 0 Å². The van der Waals surface area contributed by atoms with Gasteiger partial charge in [-0.2, -0.15) is 0 Å². The monoisotopic (exact) mass is 290 g/mol. The van der Waals surface area contributed by atoms with E-state index in [0.29, 0.717) is 10.6 Å². The highest BCUT2D eigenvalue weighted by molar-refractivity contribution is 7.99. The van der Waals surface area contributed by atoms with E-state index in [1.165, 1.54) is 29.0 Å². The number of nitrogens with one attached hydrogen (secondary N) is 1. The zero-order valence-corrected chi connectivity index (χ0v) is 12.5. The highest BCUT2D eigenvalue weighted by atomic mass is 32.2. The molecule has 2 aromatic carbocycles. The number of rotatable bonds is 5. The van der Waals surface area contributed by atoms with Crippen molar-refractivity contribution in [2.45, 2.75) is 24.8 Å². The molecule has 0 spiro atoms. The van der Waals surface area contributed by atoms with Crippen molar-refractivity contribution in [2.24, 2.45) is 5.84 Å². The summed E-state index contributed by atoms with van der Waals surface area (Å²) in [6.07, 6.45) is 0. The molecule has 0 aliphatic rings. The van der Waals surface area contributed by atoms with Crippen LogP contribution in [-0.2, 0) is 0 Å². The summed E-state index contributed by atoms with van der Waals surface area (Å²) in [5, 5.41) is 0. The van der Waals surface area contributed by atoms with E-state index in [0.717, 1.165) is 5.56 Å². The number of hydrogen-bond donors (Lipinski definition) is 2. The fourth-order valence-corrected chi connectivity index (χ4v) is 2.97. The molecule has 4 heteroatoms. The zero-order valence-electron chi connectivity index (χ0n) is 11.7. The van der Waals surface area contributed by atoms with Crippen molar-refractivity contribution in [3.8, 4) is 0 Å². The SMILES string of the molecule is Cc1ccc(C(CSc2ccccc2F)NN)cc1C. The second-order valence-corrected chi connectivity index (χ2v) is 5.87. The van der Waals surface area contributed by atoms with Crippen molar-refractivity contribution >= 4 is 11.8 Å². The van der Waals surface area contributed by atoms with Crippen LogP contribution in [0.15, 0.2) is 47.4 Å². The van der Waals surface area contributed by atoms with Crippen molar-refractivity contribution in [1.29, 1.82) is 0 Å². The molecule has 0 fully saturated rings. The predicted octanol–water partition coefficient (Wildman–Crippen LogP) is 3.74. The highest BCUT2D eigenvalue weighted by Gasteiger charge is 2.12. The second-order valence-electron chi connectivity index (χ2n) is 4.80. The molecular formula is C16H19FN2S. The van der Waals surface area contributed by atoms with Crippen LogP contribution in [0, 0.1) is 19.7 Å². The molecule has 0 aliphatic heterocycles. The van der Waals surface area contributed by atoms with Gasteiger partial charge in [-0.05, 0) is 42.7 Å². The van der Waals surface area contributed by atoms with E-state index in [1.54, 1.807) is 12.1 Å². The fraction of sp³-hybridized carbons (Fsp3) is 0.250. The maximum Gasteiger partial charge on any atom is 0.136 e. The molecule has 2 nitrogen and oxygen atoms in total. The predicted molar refractivity (Wildman–Crippen MR) is 83.1 cm³/mol. The van der Waals surface area contributed by atoms with E-state index < -0.39 is 0 Å². The quantitative estimate of drug-likeness (QED) is 0.500. The summed E-state index contributed by atoms with van der Waals surface area (Å²) in [6, 6.07) is 13.1. The fourth-order valence-electron chi connectivity index (χ4n) is 1.96. The molecule has 3 N–H and O–H groups in total. The molecule has 0 saturated carbocycles. The van der Waals surface area contributed by atoms with Crippen molar-refractivity contribution in [3.63, 3.8) is 0 Å². The number of halogens is 1. The minimum atomic E-state index is -0.187. The average molecular weight is 290 g/mol. The first-order chi connectivity index (χ1) is 9.61. The number of nitrogens with two attached hydrogens (primary N) is 1. The summed E-state index contributed by atoms with van der Waals surface area (Å²) in [4.78, 5) is 0.650. The molecule has 0 amide bonds. The number of hydrazine groups is 1. The van der Waals surface area contributed by atoms with Gasteiger partial charge in [-0.25, -0.2) is 4.39 Å². The van der Waals surface area contributed by atoms with E-state index >= 15 is 0 Å². The van der Waals surface area contributed by atoms with Gasteiger partial charge < -0.3 is 0 Å². The third-order valence-corrected chi connectivity index (χ3v) is 4.52. The summed E-state index contributed by atoms with van der Waals surface area (Å²) in [5.41, 5.74) is 6.43. The molecule has 2 aromatic rings. The molecular weight excluding hydrogens is 271 g/mol.